The van der Waals surface area contributed by atoms with E-state index in [2.05, 4.69) is 0 Å². The van der Waals surface area contributed by atoms with Crippen LogP contribution in [-0.2, 0) is 0 Å². The minimum absolute atomic E-state index is 0.525. The van der Waals surface area contributed by atoms with E-state index in [4.69, 9.17) is 10.0 Å². The lowest BCUT2D eigenvalue weighted by atomic mass is 9.75. The lowest BCUT2D eigenvalue weighted by Gasteiger charge is -2.08. The van der Waals surface area contributed by atoms with Gasteiger partial charge in [0.1, 0.15) is 7.85 Å². The first-order valence-electron chi connectivity index (χ1n) is 5.20. The molecule has 0 saturated heterocycles. The summed E-state index contributed by atoms with van der Waals surface area (Å²) < 4.78 is 0. The third-order valence-electron chi connectivity index (χ3n) is 2.63. The Labute approximate surface area is 96.1 Å². The summed E-state index contributed by atoms with van der Waals surface area (Å²) in [6.45, 7) is 0. The minimum Gasteiger partial charge on any atom is -0.423 e. The molecule has 4 heteroatoms. The lowest BCUT2D eigenvalue weighted by molar-refractivity contribution is 0.426. The van der Waals surface area contributed by atoms with Crippen LogP contribution < -0.4 is 10.9 Å². The largest absolute Gasteiger partial charge is 0.488 e. The zero-order valence-corrected chi connectivity index (χ0v) is 9.09. The Morgan fingerprint density at radius 2 is 1.62 bits per heavy atom. The topological polar surface area (TPSA) is 40.5 Å². The monoisotopic (exact) mass is 210 g/mol. The molecule has 0 heterocycles. The summed E-state index contributed by atoms with van der Waals surface area (Å²) in [4.78, 5) is 0. The maximum Gasteiger partial charge on any atom is 0.488 e. The van der Waals surface area contributed by atoms with Crippen molar-refractivity contribution >= 4 is 25.9 Å². The Bertz CT molecular complexity index is 484. The maximum atomic E-state index is 9.07. The van der Waals surface area contributed by atoms with Crippen LogP contribution in [0.15, 0.2) is 48.5 Å². The molecule has 0 unspecified atom stereocenters. The van der Waals surface area contributed by atoms with Crippen molar-refractivity contribution in [1.29, 1.82) is 0 Å². The fourth-order valence-electron chi connectivity index (χ4n) is 1.79. The van der Waals surface area contributed by atoms with E-state index in [-0.39, 0.29) is 0 Å². The highest BCUT2D eigenvalue weighted by molar-refractivity contribution is 6.59. The van der Waals surface area contributed by atoms with E-state index in [0.717, 1.165) is 16.6 Å². The zero-order chi connectivity index (χ0) is 11.5. The van der Waals surface area contributed by atoms with E-state index < -0.39 is 7.12 Å². The van der Waals surface area contributed by atoms with E-state index in [1.54, 1.807) is 12.1 Å². The molecule has 0 aromatic heterocycles. The van der Waals surface area contributed by atoms with Gasteiger partial charge >= 0.3 is 7.12 Å². The SMILES string of the molecule is Bc1cc(B(O)O)ccc1-c1ccccc1. The Morgan fingerprint density at radius 1 is 0.938 bits per heavy atom. The van der Waals surface area contributed by atoms with E-state index in [0.29, 0.717) is 5.46 Å². The molecule has 0 atom stereocenters. The lowest BCUT2D eigenvalue weighted by Crippen LogP contribution is -2.32. The second-order valence-electron chi connectivity index (χ2n) is 3.81. The van der Waals surface area contributed by atoms with Crippen LogP contribution in [0.3, 0.4) is 0 Å². The molecule has 0 spiro atoms. The predicted molar refractivity (Wildman–Crippen MR) is 69.9 cm³/mol. The third-order valence-corrected chi connectivity index (χ3v) is 2.63. The van der Waals surface area contributed by atoms with Crippen LogP contribution in [0.1, 0.15) is 0 Å². The highest BCUT2D eigenvalue weighted by atomic mass is 16.4. The average molecular weight is 210 g/mol. The number of rotatable bonds is 2. The van der Waals surface area contributed by atoms with Crippen molar-refractivity contribution in [3.8, 4) is 11.1 Å². The fraction of sp³-hybridized carbons (Fsp3) is 0. The molecular weight excluding hydrogens is 198 g/mol. The van der Waals surface area contributed by atoms with Gasteiger partial charge < -0.3 is 10.0 Å². The highest BCUT2D eigenvalue weighted by Crippen LogP contribution is 2.14. The van der Waals surface area contributed by atoms with Crippen molar-refractivity contribution in [2.75, 3.05) is 0 Å². The van der Waals surface area contributed by atoms with Crippen molar-refractivity contribution < 1.29 is 10.0 Å². The van der Waals surface area contributed by atoms with Gasteiger partial charge in [0.15, 0.2) is 0 Å². The van der Waals surface area contributed by atoms with Crippen molar-refractivity contribution in [3.63, 3.8) is 0 Å². The predicted octanol–water partition coefficient (Wildman–Crippen LogP) is -0.708. The van der Waals surface area contributed by atoms with Crippen LogP contribution in [0.4, 0.5) is 0 Å². The van der Waals surface area contributed by atoms with Crippen LogP contribution in [0.25, 0.3) is 11.1 Å². The van der Waals surface area contributed by atoms with Gasteiger partial charge in [-0.1, -0.05) is 54.0 Å². The molecular formula is C12H12B2O2. The van der Waals surface area contributed by atoms with Gasteiger partial charge in [-0.2, -0.15) is 0 Å². The second kappa shape index (κ2) is 4.56. The molecule has 0 radical (unpaired) electrons. The summed E-state index contributed by atoms with van der Waals surface area (Å²) in [7, 11) is 0.567. The van der Waals surface area contributed by atoms with Gasteiger partial charge in [-0.3, -0.25) is 0 Å². The first-order chi connectivity index (χ1) is 7.68. The molecule has 0 saturated carbocycles. The molecule has 0 aliphatic heterocycles. The Hall–Kier alpha value is -1.51. The van der Waals surface area contributed by atoms with Crippen molar-refractivity contribution in [2.45, 2.75) is 0 Å². The van der Waals surface area contributed by atoms with E-state index >= 15 is 0 Å². The zero-order valence-electron chi connectivity index (χ0n) is 9.09. The first kappa shape index (κ1) is 11.0. The fourth-order valence-corrected chi connectivity index (χ4v) is 1.79. The Kier molecular flexibility index (Phi) is 3.13. The van der Waals surface area contributed by atoms with Gasteiger partial charge in [-0.05, 0) is 16.6 Å². The molecule has 0 bridgehead atoms. The number of hydrogen-bond acceptors (Lipinski definition) is 2. The van der Waals surface area contributed by atoms with E-state index in [1.165, 1.54) is 0 Å². The minimum atomic E-state index is -1.40. The van der Waals surface area contributed by atoms with Gasteiger partial charge in [0, 0.05) is 0 Å². The molecule has 0 fully saturated rings. The quantitative estimate of drug-likeness (QED) is 0.642. The average Bonchev–Trinajstić information content (AvgIpc) is 2.30. The molecule has 2 aromatic carbocycles. The standard InChI is InChI=1S/C12H12B2O2/c13-12-8-10(14(15)16)6-7-11(12)9-4-2-1-3-5-9/h1-8,15-16H,13H2. The summed E-state index contributed by atoms with van der Waals surface area (Å²) in [5, 5.41) is 18.1. The molecule has 2 nitrogen and oxygen atoms in total. The van der Waals surface area contributed by atoms with E-state index in [9.17, 15) is 0 Å². The number of benzene rings is 2. The molecule has 0 aliphatic carbocycles. The van der Waals surface area contributed by atoms with Crippen molar-refractivity contribution in [2.24, 2.45) is 0 Å². The maximum absolute atomic E-state index is 9.07. The Morgan fingerprint density at radius 3 is 2.19 bits per heavy atom. The van der Waals surface area contributed by atoms with Crippen LogP contribution in [-0.4, -0.2) is 25.0 Å². The molecule has 78 valence electrons. The molecule has 2 rings (SSSR count). The number of hydrogen-bond donors (Lipinski definition) is 2. The van der Waals surface area contributed by atoms with Gasteiger partial charge in [-0.15, -0.1) is 0 Å². The van der Waals surface area contributed by atoms with E-state index in [1.807, 2.05) is 44.2 Å². The van der Waals surface area contributed by atoms with Gasteiger partial charge in [0.25, 0.3) is 0 Å². The first-order valence-corrected chi connectivity index (χ1v) is 5.20. The molecule has 16 heavy (non-hydrogen) atoms. The van der Waals surface area contributed by atoms with Crippen LogP contribution in [0, 0.1) is 0 Å². The van der Waals surface area contributed by atoms with Gasteiger partial charge in [0.2, 0.25) is 0 Å². The summed E-state index contributed by atoms with van der Waals surface area (Å²) in [5.74, 6) is 0. The Balaban J connectivity index is 2.45. The smallest absolute Gasteiger partial charge is 0.423 e. The van der Waals surface area contributed by atoms with Gasteiger partial charge in [0.05, 0.1) is 0 Å². The summed E-state index contributed by atoms with van der Waals surface area (Å²) in [6.07, 6.45) is 0. The molecule has 2 N–H and O–H groups in total. The van der Waals surface area contributed by atoms with Crippen LogP contribution >= 0.6 is 0 Å². The van der Waals surface area contributed by atoms with Crippen LogP contribution in [0.2, 0.25) is 0 Å². The van der Waals surface area contributed by atoms with Gasteiger partial charge in [-0.25, -0.2) is 0 Å². The normalized spacial score (nSPS) is 10.1. The molecule has 0 aliphatic rings. The summed E-state index contributed by atoms with van der Waals surface area (Å²) in [5.41, 5.74) is 3.82. The van der Waals surface area contributed by atoms with Crippen LogP contribution in [0.5, 0.6) is 0 Å². The summed E-state index contributed by atoms with van der Waals surface area (Å²) in [6, 6.07) is 15.5. The molecule has 2 aromatic rings. The summed E-state index contributed by atoms with van der Waals surface area (Å²) >= 11 is 0. The third kappa shape index (κ3) is 2.18. The second-order valence-corrected chi connectivity index (χ2v) is 3.81. The van der Waals surface area contributed by atoms with Crippen molar-refractivity contribution in [1.82, 2.24) is 0 Å². The highest BCUT2D eigenvalue weighted by Gasteiger charge is 2.11. The molecule has 0 amide bonds. The van der Waals surface area contributed by atoms with Crippen molar-refractivity contribution in [3.05, 3.63) is 48.5 Å².